The van der Waals surface area contributed by atoms with Crippen LogP contribution in [0.15, 0.2) is 11.8 Å². The predicted molar refractivity (Wildman–Crippen MR) is 108 cm³/mol. The fourth-order valence-corrected chi connectivity index (χ4v) is 3.25. The molecule has 0 bridgehead atoms. The lowest BCUT2D eigenvalue weighted by Gasteiger charge is -2.20. The number of ether oxygens (including phenoxy) is 1. The summed E-state index contributed by atoms with van der Waals surface area (Å²) in [6, 6.07) is 0. The van der Waals surface area contributed by atoms with Crippen LogP contribution < -0.4 is 0 Å². The number of rotatable bonds is 6. The van der Waals surface area contributed by atoms with Crippen molar-refractivity contribution in [2.75, 3.05) is 0 Å². The number of hydrogen-bond acceptors (Lipinski definition) is 3. The molecule has 1 rings (SSSR count). The van der Waals surface area contributed by atoms with E-state index in [4.69, 9.17) is 14.3 Å². The summed E-state index contributed by atoms with van der Waals surface area (Å²) in [7, 11) is -1.33. The SMILES string of the molecule is C/C=C(/CC)O[Si](C)(C)C.CC(F)C(O)C(C)Br.CC(F)C1OC1C. The minimum atomic E-state index is -1.33. The number of hydrogen-bond donors (Lipinski definition) is 1. The molecule has 1 N–H and O–H groups in total. The van der Waals surface area contributed by atoms with Crippen molar-refractivity contribution in [3.63, 3.8) is 0 Å². The molecule has 1 aliphatic rings. The molecule has 0 radical (unpaired) electrons. The van der Waals surface area contributed by atoms with Crippen LogP contribution >= 0.6 is 15.9 Å². The van der Waals surface area contributed by atoms with Gasteiger partial charge in [-0.05, 0) is 47.3 Å². The van der Waals surface area contributed by atoms with Gasteiger partial charge in [0.05, 0.1) is 18.0 Å². The molecular weight excluding hydrogens is 410 g/mol. The number of halogens is 3. The van der Waals surface area contributed by atoms with Gasteiger partial charge in [-0.2, -0.15) is 0 Å². The van der Waals surface area contributed by atoms with Crippen LogP contribution in [0.1, 0.15) is 48.0 Å². The largest absolute Gasteiger partial charge is 0.548 e. The highest BCUT2D eigenvalue weighted by Gasteiger charge is 2.39. The monoisotopic (exact) mass is 446 g/mol. The Labute approximate surface area is 162 Å². The summed E-state index contributed by atoms with van der Waals surface area (Å²) in [6.07, 6.45) is 0.327. The molecule has 0 spiro atoms. The molecule has 6 atom stereocenters. The first-order chi connectivity index (χ1) is 11.3. The van der Waals surface area contributed by atoms with Gasteiger partial charge in [0.1, 0.15) is 18.4 Å². The second-order valence-corrected chi connectivity index (χ2v) is 13.0. The maximum atomic E-state index is 12.1. The molecule has 1 aliphatic heterocycles. The van der Waals surface area contributed by atoms with Gasteiger partial charge in [-0.15, -0.1) is 0 Å². The first-order valence-electron chi connectivity index (χ1n) is 8.86. The van der Waals surface area contributed by atoms with Crippen molar-refractivity contribution in [3.8, 4) is 0 Å². The van der Waals surface area contributed by atoms with Gasteiger partial charge < -0.3 is 14.3 Å². The zero-order valence-electron chi connectivity index (χ0n) is 17.1. The van der Waals surface area contributed by atoms with Crippen LogP contribution in [0.3, 0.4) is 0 Å². The van der Waals surface area contributed by atoms with Gasteiger partial charge in [0.2, 0.25) is 8.32 Å². The molecular formula is C18H37BrF2O3Si. The van der Waals surface area contributed by atoms with E-state index in [2.05, 4.69) is 48.6 Å². The number of allylic oxidation sites excluding steroid dienone is 2. The Morgan fingerprint density at radius 3 is 1.76 bits per heavy atom. The Bertz CT molecular complexity index is 364. The summed E-state index contributed by atoms with van der Waals surface area (Å²) >= 11 is 3.05. The Morgan fingerprint density at radius 2 is 1.72 bits per heavy atom. The molecule has 0 aliphatic carbocycles. The molecule has 0 saturated carbocycles. The van der Waals surface area contributed by atoms with Crippen molar-refractivity contribution < 1.29 is 23.1 Å². The van der Waals surface area contributed by atoms with Gasteiger partial charge >= 0.3 is 0 Å². The fraction of sp³-hybridized carbons (Fsp3) is 0.889. The Kier molecular flexibility index (Phi) is 14.4. The molecule has 0 aromatic carbocycles. The summed E-state index contributed by atoms with van der Waals surface area (Å²) < 4.78 is 34.6. The lowest BCUT2D eigenvalue weighted by Crippen LogP contribution is -2.26. The van der Waals surface area contributed by atoms with E-state index in [-0.39, 0.29) is 17.0 Å². The van der Waals surface area contributed by atoms with E-state index in [1.54, 1.807) is 6.92 Å². The van der Waals surface area contributed by atoms with Crippen LogP contribution in [0, 0.1) is 0 Å². The quantitative estimate of drug-likeness (QED) is 0.243. The van der Waals surface area contributed by atoms with Crippen molar-refractivity contribution in [1.82, 2.24) is 0 Å². The molecule has 0 aromatic rings. The second-order valence-electron chi connectivity index (χ2n) is 7.15. The van der Waals surface area contributed by atoms with E-state index in [9.17, 15) is 8.78 Å². The maximum absolute atomic E-state index is 12.1. The van der Waals surface area contributed by atoms with Crippen LogP contribution in [0.2, 0.25) is 19.6 Å². The number of epoxide rings is 1. The van der Waals surface area contributed by atoms with Gasteiger partial charge in [-0.1, -0.05) is 35.9 Å². The summed E-state index contributed by atoms with van der Waals surface area (Å²) in [5.74, 6) is 1.14. The van der Waals surface area contributed by atoms with Crippen LogP contribution in [-0.4, -0.2) is 48.9 Å². The van der Waals surface area contributed by atoms with Gasteiger partial charge in [0.15, 0.2) is 0 Å². The summed E-state index contributed by atoms with van der Waals surface area (Å²) in [4.78, 5) is -0.164. The molecule has 1 saturated heterocycles. The highest BCUT2D eigenvalue weighted by Crippen LogP contribution is 2.25. The average molecular weight is 447 g/mol. The van der Waals surface area contributed by atoms with Crippen molar-refractivity contribution in [3.05, 3.63) is 11.8 Å². The van der Waals surface area contributed by atoms with E-state index in [1.165, 1.54) is 13.8 Å². The summed E-state index contributed by atoms with van der Waals surface area (Å²) in [6.45, 7) is 17.2. The van der Waals surface area contributed by atoms with Crippen molar-refractivity contribution >= 4 is 24.2 Å². The second kappa shape index (κ2) is 13.2. The smallest absolute Gasteiger partial charge is 0.241 e. The maximum Gasteiger partial charge on any atom is 0.241 e. The molecule has 3 nitrogen and oxygen atoms in total. The lowest BCUT2D eigenvalue weighted by atomic mass is 10.2. The molecule has 1 heterocycles. The highest BCUT2D eigenvalue weighted by molar-refractivity contribution is 9.09. The van der Waals surface area contributed by atoms with Gasteiger partial charge in [-0.3, -0.25) is 0 Å². The van der Waals surface area contributed by atoms with E-state index in [0.717, 1.165) is 12.2 Å². The highest BCUT2D eigenvalue weighted by atomic mass is 79.9. The number of aliphatic hydroxyl groups is 1. The van der Waals surface area contributed by atoms with E-state index >= 15 is 0 Å². The predicted octanol–water partition coefficient (Wildman–Crippen LogP) is 5.77. The van der Waals surface area contributed by atoms with Crippen molar-refractivity contribution in [2.24, 2.45) is 0 Å². The lowest BCUT2D eigenvalue weighted by molar-refractivity contribution is 0.0909. The first kappa shape index (κ1) is 27.2. The zero-order valence-corrected chi connectivity index (χ0v) is 19.7. The summed E-state index contributed by atoms with van der Waals surface area (Å²) in [5.41, 5.74) is 0. The van der Waals surface area contributed by atoms with Gasteiger partial charge in [0, 0.05) is 11.2 Å². The molecule has 7 heteroatoms. The Morgan fingerprint density at radius 1 is 1.28 bits per heavy atom. The molecule has 25 heavy (non-hydrogen) atoms. The molecule has 6 unspecified atom stereocenters. The zero-order chi connectivity index (χ0) is 20.4. The third-order valence-electron chi connectivity index (χ3n) is 3.26. The number of alkyl halides is 3. The third kappa shape index (κ3) is 15.9. The molecule has 0 amide bonds. The van der Waals surface area contributed by atoms with E-state index in [0.29, 0.717) is 0 Å². The minimum absolute atomic E-state index is 0.0972. The van der Waals surface area contributed by atoms with Crippen LogP contribution in [0.4, 0.5) is 8.78 Å². The molecule has 1 fully saturated rings. The first-order valence-corrected chi connectivity index (χ1v) is 13.2. The van der Waals surface area contributed by atoms with Crippen LogP contribution in [-0.2, 0) is 9.16 Å². The van der Waals surface area contributed by atoms with E-state index < -0.39 is 26.8 Å². The normalized spacial score (nSPS) is 24.6. The molecule has 0 aromatic heterocycles. The van der Waals surface area contributed by atoms with Crippen LogP contribution in [0.5, 0.6) is 0 Å². The summed E-state index contributed by atoms with van der Waals surface area (Å²) in [5, 5.41) is 8.78. The van der Waals surface area contributed by atoms with Crippen molar-refractivity contribution in [1.29, 1.82) is 0 Å². The minimum Gasteiger partial charge on any atom is -0.548 e. The standard InChI is InChI=1S/C8H18OSi.C5H10BrFO.C5H9FO/c1-6-8(7-2)9-10(3,4)5;1-3(6)5(8)4(2)7;1-3(6)5-4(2)7-5/h6H,7H2,1-5H3;3-5,8H,1-2H3;3-5H,1-2H3/b8-6-;;. The third-order valence-corrected chi connectivity index (χ3v) is 4.68. The number of aliphatic hydroxyl groups excluding tert-OH is 1. The molecule has 152 valence electrons. The Hall–Kier alpha value is 0.0169. The van der Waals surface area contributed by atoms with Crippen LogP contribution in [0.25, 0.3) is 0 Å². The fourth-order valence-electron chi connectivity index (χ4n) is 1.78. The Balaban J connectivity index is 0. The topological polar surface area (TPSA) is 42.0 Å². The van der Waals surface area contributed by atoms with E-state index in [1.807, 2.05) is 13.8 Å². The average Bonchev–Trinajstić information content (AvgIpc) is 3.21. The van der Waals surface area contributed by atoms with Crippen molar-refractivity contribution in [2.45, 2.75) is 103 Å². The van der Waals surface area contributed by atoms with Gasteiger partial charge in [-0.25, -0.2) is 8.78 Å². The van der Waals surface area contributed by atoms with Gasteiger partial charge in [0.25, 0.3) is 0 Å².